The summed E-state index contributed by atoms with van der Waals surface area (Å²) in [5, 5.41) is 3.36. The smallest absolute Gasteiger partial charge is 0.264 e. The number of ether oxygens (including phenoxy) is 1. The minimum Gasteiger partial charge on any atom is -0.489 e. The number of amides is 1. The molecule has 0 spiro atoms. The average Bonchev–Trinajstić information content (AvgIpc) is 2.94. The van der Waals surface area contributed by atoms with E-state index in [1.807, 2.05) is 60.7 Å². The number of nitrogens with one attached hydrogen (secondary N) is 1. The summed E-state index contributed by atoms with van der Waals surface area (Å²) in [6.07, 6.45) is 3.50. The number of hydrogen-bond donors (Lipinski definition) is 1. The van der Waals surface area contributed by atoms with Crippen LogP contribution in [0.5, 0.6) is 5.75 Å². The first-order valence-electron chi connectivity index (χ1n) is 7.43. The van der Waals surface area contributed by atoms with E-state index >= 15 is 0 Å². The molecule has 2 aromatic carbocycles. The van der Waals surface area contributed by atoms with Crippen LogP contribution in [0.15, 0.2) is 77.1 Å². The Morgan fingerprint density at radius 1 is 1.12 bits per heavy atom. The molecule has 4 nitrogen and oxygen atoms in total. The molecule has 0 atom stereocenters. The highest BCUT2D eigenvalue weighted by atomic mass is 32.2. The summed E-state index contributed by atoms with van der Waals surface area (Å²) in [5.41, 5.74) is 1.65. The lowest BCUT2D eigenvalue weighted by atomic mass is 10.2. The largest absolute Gasteiger partial charge is 0.489 e. The highest BCUT2D eigenvalue weighted by Crippen LogP contribution is 2.30. The van der Waals surface area contributed by atoms with Crippen LogP contribution in [0.4, 0.5) is 5.69 Å². The number of benzene rings is 2. The second-order valence-corrected chi connectivity index (χ2v) is 5.99. The highest BCUT2D eigenvalue weighted by Gasteiger charge is 2.24. The van der Waals surface area contributed by atoms with Gasteiger partial charge in [0.15, 0.2) is 5.17 Å². The molecule has 0 radical (unpaired) electrons. The molecule has 1 aliphatic rings. The van der Waals surface area contributed by atoms with Crippen LogP contribution in [0.25, 0.3) is 6.08 Å². The Hall–Kier alpha value is -2.79. The van der Waals surface area contributed by atoms with E-state index in [0.29, 0.717) is 22.4 Å². The third-order valence-electron chi connectivity index (χ3n) is 3.20. The number of para-hydroxylation sites is 2. The first-order valence-corrected chi connectivity index (χ1v) is 8.25. The Morgan fingerprint density at radius 3 is 2.67 bits per heavy atom. The van der Waals surface area contributed by atoms with Crippen LogP contribution >= 0.6 is 11.8 Å². The van der Waals surface area contributed by atoms with Crippen molar-refractivity contribution in [2.75, 3.05) is 6.61 Å². The van der Waals surface area contributed by atoms with E-state index in [9.17, 15) is 4.79 Å². The van der Waals surface area contributed by atoms with E-state index in [-0.39, 0.29) is 5.91 Å². The van der Waals surface area contributed by atoms with Crippen LogP contribution in [0.2, 0.25) is 0 Å². The molecule has 0 unspecified atom stereocenters. The van der Waals surface area contributed by atoms with Crippen molar-refractivity contribution in [2.45, 2.75) is 0 Å². The number of thioether (sulfide) groups is 1. The van der Waals surface area contributed by atoms with E-state index in [4.69, 9.17) is 4.74 Å². The summed E-state index contributed by atoms with van der Waals surface area (Å²) < 4.78 is 5.62. The van der Waals surface area contributed by atoms with Gasteiger partial charge in [0, 0.05) is 5.56 Å². The van der Waals surface area contributed by atoms with Crippen molar-refractivity contribution in [1.82, 2.24) is 5.32 Å². The van der Waals surface area contributed by atoms with Crippen molar-refractivity contribution in [3.8, 4) is 5.75 Å². The second-order valence-electron chi connectivity index (χ2n) is 4.95. The fourth-order valence-corrected chi connectivity index (χ4v) is 2.95. The molecule has 0 saturated carbocycles. The molecule has 1 fully saturated rings. The summed E-state index contributed by atoms with van der Waals surface area (Å²) in [5.74, 6) is 0.556. The van der Waals surface area contributed by atoms with E-state index in [1.54, 1.807) is 6.08 Å². The molecule has 120 valence electrons. The molecule has 1 aliphatic heterocycles. The van der Waals surface area contributed by atoms with Gasteiger partial charge in [-0.25, -0.2) is 4.99 Å². The molecule has 1 amide bonds. The third-order valence-corrected chi connectivity index (χ3v) is 4.11. The average molecular weight is 336 g/mol. The first-order chi connectivity index (χ1) is 11.8. The van der Waals surface area contributed by atoms with Crippen LogP contribution in [-0.4, -0.2) is 17.7 Å². The van der Waals surface area contributed by atoms with Gasteiger partial charge in [-0.05, 0) is 36.0 Å². The van der Waals surface area contributed by atoms with Crippen LogP contribution in [0.1, 0.15) is 5.56 Å². The van der Waals surface area contributed by atoms with Gasteiger partial charge >= 0.3 is 0 Å². The number of rotatable bonds is 5. The molecule has 5 heteroatoms. The van der Waals surface area contributed by atoms with E-state index in [1.165, 1.54) is 11.8 Å². The minimum absolute atomic E-state index is 0.159. The molecule has 2 aromatic rings. The Kier molecular flexibility index (Phi) is 5.13. The summed E-state index contributed by atoms with van der Waals surface area (Å²) in [6.45, 7) is 4.06. The van der Waals surface area contributed by atoms with Gasteiger partial charge in [0.1, 0.15) is 12.4 Å². The highest BCUT2D eigenvalue weighted by molar-refractivity contribution is 8.18. The monoisotopic (exact) mass is 336 g/mol. The predicted octanol–water partition coefficient (Wildman–Crippen LogP) is 4.14. The standard InChI is InChI=1S/C19H16N2O2S/c1-2-12-23-16-11-7-6-8-14(16)13-17-18(22)21-19(24-17)20-15-9-4-3-5-10-15/h2-11,13H,1,12H2,(H,20,21,22). The van der Waals surface area contributed by atoms with Gasteiger partial charge in [0.05, 0.1) is 10.6 Å². The van der Waals surface area contributed by atoms with Gasteiger partial charge < -0.3 is 10.1 Å². The van der Waals surface area contributed by atoms with Crippen LogP contribution in [-0.2, 0) is 4.79 Å². The van der Waals surface area contributed by atoms with Gasteiger partial charge in [-0.3, -0.25) is 4.79 Å². The van der Waals surface area contributed by atoms with Crippen molar-refractivity contribution >= 4 is 34.6 Å². The van der Waals surface area contributed by atoms with Crippen molar-refractivity contribution < 1.29 is 9.53 Å². The number of amidine groups is 1. The van der Waals surface area contributed by atoms with Gasteiger partial charge in [0.25, 0.3) is 5.91 Å². The van der Waals surface area contributed by atoms with Crippen molar-refractivity contribution in [2.24, 2.45) is 4.99 Å². The van der Waals surface area contributed by atoms with Gasteiger partial charge in [-0.1, -0.05) is 49.1 Å². The van der Waals surface area contributed by atoms with Crippen LogP contribution in [0, 0.1) is 0 Å². The van der Waals surface area contributed by atoms with Gasteiger partial charge in [0.2, 0.25) is 0 Å². The molecule has 24 heavy (non-hydrogen) atoms. The van der Waals surface area contributed by atoms with Gasteiger partial charge in [-0.2, -0.15) is 0 Å². The summed E-state index contributed by atoms with van der Waals surface area (Å²) in [6, 6.07) is 17.1. The topological polar surface area (TPSA) is 50.7 Å². The molecule has 0 aromatic heterocycles. The number of aliphatic imine (C=N–C) groups is 1. The molecule has 3 rings (SSSR count). The Morgan fingerprint density at radius 2 is 1.88 bits per heavy atom. The number of hydrogen-bond acceptors (Lipinski definition) is 4. The molecule has 1 N–H and O–H groups in total. The number of carbonyl (C=O) groups excluding carboxylic acids is 1. The number of nitrogens with zero attached hydrogens (tertiary/aromatic N) is 1. The molecular weight excluding hydrogens is 320 g/mol. The zero-order valence-electron chi connectivity index (χ0n) is 12.9. The SMILES string of the molecule is C=CCOc1ccccc1C=C1SC(=Nc2ccccc2)NC1=O. The van der Waals surface area contributed by atoms with Crippen molar-refractivity contribution in [1.29, 1.82) is 0 Å². The summed E-state index contributed by atoms with van der Waals surface area (Å²) in [4.78, 5) is 17.2. The molecule has 0 aliphatic carbocycles. The van der Waals surface area contributed by atoms with Gasteiger partial charge in [-0.15, -0.1) is 0 Å². The van der Waals surface area contributed by atoms with Crippen molar-refractivity contribution in [3.05, 3.63) is 77.7 Å². The maximum Gasteiger partial charge on any atom is 0.264 e. The van der Waals surface area contributed by atoms with E-state index < -0.39 is 0 Å². The summed E-state index contributed by atoms with van der Waals surface area (Å²) in [7, 11) is 0. The quantitative estimate of drug-likeness (QED) is 0.659. The molecule has 1 heterocycles. The Bertz CT molecular complexity index is 813. The predicted molar refractivity (Wildman–Crippen MR) is 99.4 cm³/mol. The minimum atomic E-state index is -0.159. The Balaban J connectivity index is 1.83. The zero-order valence-corrected chi connectivity index (χ0v) is 13.8. The maximum atomic E-state index is 12.2. The zero-order chi connectivity index (χ0) is 16.8. The number of carbonyl (C=O) groups is 1. The van der Waals surface area contributed by atoms with Crippen molar-refractivity contribution in [3.63, 3.8) is 0 Å². The lowest BCUT2D eigenvalue weighted by Crippen LogP contribution is -2.19. The lowest BCUT2D eigenvalue weighted by molar-refractivity contribution is -0.115. The third kappa shape index (κ3) is 3.94. The summed E-state index contributed by atoms with van der Waals surface area (Å²) >= 11 is 1.32. The first kappa shape index (κ1) is 16.1. The maximum absolute atomic E-state index is 12.2. The second kappa shape index (κ2) is 7.66. The lowest BCUT2D eigenvalue weighted by Gasteiger charge is -2.06. The molecular formula is C19H16N2O2S. The van der Waals surface area contributed by atoms with Crippen LogP contribution in [0.3, 0.4) is 0 Å². The molecule has 1 saturated heterocycles. The Labute approximate surface area is 145 Å². The van der Waals surface area contributed by atoms with E-state index in [2.05, 4.69) is 16.9 Å². The fraction of sp³-hybridized carbons (Fsp3) is 0.0526. The van der Waals surface area contributed by atoms with Crippen LogP contribution < -0.4 is 10.1 Å². The normalized spacial score (nSPS) is 17.1. The fourth-order valence-electron chi connectivity index (χ4n) is 2.12. The molecule has 0 bridgehead atoms. The van der Waals surface area contributed by atoms with E-state index in [0.717, 1.165) is 11.3 Å².